The maximum atomic E-state index is 13.2. The standard InChI is InChI=1S/C23H30N2O2/c1-14(23-11-16-7-17(12-23)9-18(8-16)13-23)24-22(27)21-10-19-5-3-4-6-20(19)25(21)15(2)26/h3-6,14,16-18,21H,7-13H2,1-2H3,(H,24,27)/t14-,16?,17?,18?,21-,23?/m0/s1. The van der Waals surface area contributed by atoms with Gasteiger partial charge in [-0.3, -0.25) is 14.5 Å². The third kappa shape index (κ3) is 2.71. The average molecular weight is 367 g/mol. The quantitative estimate of drug-likeness (QED) is 0.887. The summed E-state index contributed by atoms with van der Waals surface area (Å²) in [6, 6.07) is 7.68. The van der Waals surface area contributed by atoms with E-state index in [-0.39, 0.29) is 23.3 Å². The van der Waals surface area contributed by atoms with E-state index in [4.69, 9.17) is 0 Å². The number of rotatable bonds is 3. The van der Waals surface area contributed by atoms with Crippen LogP contribution >= 0.6 is 0 Å². The zero-order valence-electron chi connectivity index (χ0n) is 16.4. The number of hydrogen-bond acceptors (Lipinski definition) is 2. The molecule has 2 atom stereocenters. The molecule has 0 saturated heterocycles. The Morgan fingerprint density at radius 2 is 1.67 bits per heavy atom. The summed E-state index contributed by atoms with van der Waals surface area (Å²) in [7, 11) is 0. The van der Waals surface area contributed by atoms with E-state index in [1.165, 1.54) is 38.5 Å². The molecule has 4 fully saturated rings. The van der Waals surface area contributed by atoms with Crippen LogP contribution in [0.4, 0.5) is 5.69 Å². The summed E-state index contributed by atoms with van der Waals surface area (Å²) >= 11 is 0. The maximum absolute atomic E-state index is 13.2. The number of nitrogens with one attached hydrogen (secondary N) is 1. The molecular weight excluding hydrogens is 336 g/mol. The van der Waals surface area contributed by atoms with Crippen LogP contribution in [0.2, 0.25) is 0 Å². The van der Waals surface area contributed by atoms with Crippen LogP contribution < -0.4 is 10.2 Å². The number of benzene rings is 1. The van der Waals surface area contributed by atoms with Gasteiger partial charge in [0.15, 0.2) is 0 Å². The van der Waals surface area contributed by atoms with Crippen molar-refractivity contribution in [2.45, 2.75) is 70.9 Å². The second-order valence-electron chi connectivity index (χ2n) is 9.75. The lowest BCUT2D eigenvalue weighted by Gasteiger charge is -2.59. The average Bonchev–Trinajstić information content (AvgIpc) is 3.00. The van der Waals surface area contributed by atoms with Gasteiger partial charge in [0.2, 0.25) is 11.8 Å². The minimum atomic E-state index is -0.406. The molecule has 5 aliphatic rings. The number of anilines is 1. The number of nitrogens with zero attached hydrogens (tertiary/aromatic N) is 1. The highest BCUT2D eigenvalue weighted by atomic mass is 16.2. The van der Waals surface area contributed by atoms with E-state index in [9.17, 15) is 9.59 Å². The van der Waals surface area contributed by atoms with Crippen LogP contribution in [0, 0.1) is 23.2 Å². The zero-order valence-corrected chi connectivity index (χ0v) is 16.4. The lowest BCUT2D eigenvalue weighted by atomic mass is 9.48. The molecule has 4 aliphatic carbocycles. The Balaban J connectivity index is 1.34. The normalized spacial score (nSPS) is 37.2. The van der Waals surface area contributed by atoms with Crippen LogP contribution in [0.25, 0.3) is 0 Å². The Bertz CT molecular complexity index is 751. The summed E-state index contributed by atoms with van der Waals surface area (Å²) in [6.07, 6.45) is 8.70. The largest absolute Gasteiger partial charge is 0.351 e. The van der Waals surface area contributed by atoms with Crippen molar-refractivity contribution < 1.29 is 9.59 Å². The summed E-state index contributed by atoms with van der Waals surface area (Å²) < 4.78 is 0. The molecule has 0 aromatic heterocycles. The highest BCUT2D eigenvalue weighted by Gasteiger charge is 2.53. The second-order valence-corrected chi connectivity index (χ2v) is 9.75. The van der Waals surface area contributed by atoms with E-state index in [0.717, 1.165) is 29.0 Å². The molecule has 4 nitrogen and oxygen atoms in total. The number of carbonyl (C=O) groups excluding carboxylic acids is 2. The Morgan fingerprint density at radius 3 is 2.26 bits per heavy atom. The topological polar surface area (TPSA) is 49.4 Å². The molecule has 1 N–H and O–H groups in total. The van der Waals surface area contributed by atoms with Crippen LogP contribution in [0.15, 0.2) is 24.3 Å². The van der Waals surface area contributed by atoms with E-state index >= 15 is 0 Å². The van der Waals surface area contributed by atoms with Gasteiger partial charge >= 0.3 is 0 Å². The van der Waals surface area contributed by atoms with E-state index in [0.29, 0.717) is 6.42 Å². The van der Waals surface area contributed by atoms with Gasteiger partial charge in [-0.2, -0.15) is 0 Å². The molecular formula is C23H30N2O2. The van der Waals surface area contributed by atoms with Gasteiger partial charge in [0.25, 0.3) is 0 Å². The van der Waals surface area contributed by atoms with Gasteiger partial charge in [-0.1, -0.05) is 18.2 Å². The first-order valence-corrected chi connectivity index (χ1v) is 10.6. The number of para-hydroxylation sites is 1. The summed E-state index contributed by atoms with van der Waals surface area (Å²) in [6.45, 7) is 3.77. The predicted octanol–water partition coefficient (Wildman–Crippen LogP) is 3.69. The van der Waals surface area contributed by atoms with Crippen molar-refractivity contribution in [1.29, 1.82) is 0 Å². The van der Waals surface area contributed by atoms with E-state index < -0.39 is 6.04 Å². The molecule has 4 bridgehead atoms. The highest BCUT2D eigenvalue weighted by molar-refractivity contribution is 6.02. The van der Waals surface area contributed by atoms with E-state index in [2.05, 4.69) is 12.2 Å². The first-order valence-electron chi connectivity index (χ1n) is 10.6. The minimum absolute atomic E-state index is 0.0182. The Morgan fingerprint density at radius 1 is 1.07 bits per heavy atom. The third-order valence-electron chi connectivity index (χ3n) is 7.98. The van der Waals surface area contributed by atoms with Crippen molar-refractivity contribution in [3.05, 3.63) is 29.8 Å². The monoisotopic (exact) mass is 366 g/mol. The molecule has 4 saturated carbocycles. The minimum Gasteiger partial charge on any atom is -0.351 e. The van der Waals surface area contributed by atoms with Gasteiger partial charge in [0.05, 0.1) is 0 Å². The zero-order chi connectivity index (χ0) is 18.8. The molecule has 0 unspecified atom stereocenters. The van der Waals surface area contributed by atoms with Gasteiger partial charge in [-0.25, -0.2) is 0 Å². The van der Waals surface area contributed by atoms with Gasteiger partial charge < -0.3 is 5.32 Å². The van der Waals surface area contributed by atoms with Crippen LogP contribution in [0.1, 0.15) is 57.9 Å². The molecule has 1 aromatic carbocycles. The molecule has 4 heteroatoms. The summed E-state index contributed by atoms with van der Waals surface area (Å²) in [5, 5.41) is 3.37. The molecule has 0 radical (unpaired) electrons. The predicted molar refractivity (Wildman–Crippen MR) is 105 cm³/mol. The fourth-order valence-electron chi connectivity index (χ4n) is 7.16. The van der Waals surface area contributed by atoms with Crippen molar-refractivity contribution in [3.63, 3.8) is 0 Å². The Kier molecular flexibility index (Phi) is 3.89. The number of carbonyl (C=O) groups is 2. The highest BCUT2D eigenvalue weighted by Crippen LogP contribution is 2.61. The van der Waals surface area contributed by atoms with Crippen LogP contribution in [-0.2, 0) is 16.0 Å². The molecule has 27 heavy (non-hydrogen) atoms. The van der Waals surface area contributed by atoms with Crippen molar-refractivity contribution in [3.8, 4) is 0 Å². The Labute approximate surface area is 161 Å². The van der Waals surface area contributed by atoms with Crippen molar-refractivity contribution >= 4 is 17.5 Å². The van der Waals surface area contributed by atoms with Gasteiger partial charge in [0, 0.05) is 25.1 Å². The summed E-state index contributed by atoms with van der Waals surface area (Å²) in [5.41, 5.74) is 2.28. The molecule has 6 rings (SSSR count). The third-order valence-corrected chi connectivity index (χ3v) is 7.98. The van der Waals surface area contributed by atoms with E-state index in [1.54, 1.807) is 11.8 Å². The summed E-state index contributed by atoms with van der Waals surface area (Å²) in [5.74, 6) is 2.59. The molecule has 1 aromatic rings. The SMILES string of the molecule is CC(=O)N1c2ccccc2C[C@H]1C(=O)N[C@@H](C)C12CC3CC(CC(C3)C1)C2. The lowest BCUT2D eigenvalue weighted by molar-refractivity contribution is -0.129. The number of hydrogen-bond donors (Lipinski definition) is 1. The fourth-order valence-corrected chi connectivity index (χ4v) is 7.16. The summed E-state index contributed by atoms with van der Waals surface area (Å²) in [4.78, 5) is 27.2. The molecule has 1 heterocycles. The maximum Gasteiger partial charge on any atom is 0.243 e. The fraction of sp³-hybridized carbons (Fsp3) is 0.652. The van der Waals surface area contributed by atoms with Crippen LogP contribution in [0.5, 0.6) is 0 Å². The van der Waals surface area contributed by atoms with Crippen molar-refractivity contribution in [1.82, 2.24) is 5.32 Å². The molecule has 0 spiro atoms. The molecule has 144 valence electrons. The lowest BCUT2D eigenvalue weighted by Crippen LogP contribution is -2.58. The number of amides is 2. The second kappa shape index (κ2) is 6.08. The van der Waals surface area contributed by atoms with Gasteiger partial charge in [-0.05, 0) is 80.2 Å². The molecule has 1 aliphatic heterocycles. The van der Waals surface area contributed by atoms with Crippen LogP contribution in [0.3, 0.4) is 0 Å². The first kappa shape index (κ1) is 17.3. The van der Waals surface area contributed by atoms with E-state index in [1.807, 2.05) is 24.3 Å². The first-order chi connectivity index (χ1) is 12.9. The van der Waals surface area contributed by atoms with Gasteiger partial charge in [-0.15, -0.1) is 0 Å². The molecule has 2 amide bonds. The van der Waals surface area contributed by atoms with Crippen molar-refractivity contribution in [2.24, 2.45) is 23.2 Å². The van der Waals surface area contributed by atoms with Crippen molar-refractivity contribution in [2.75, 3.05) is 4.90 Å². The van der Waals surface area contributed by atoms with Gasteiger partial charge in [0.1, 0.15) is 6.04 Å². The Hall–Kier alpha value is -1.84. The number of fused-ring (bicyclic) bond motifs is 1. The van der Waals surface area contributed by atoms with Crippen LogP contribution in [-0.4, -0.2) is 23.9 Å². The smallest absolute Gasteiger partial charge is 0.243 e.